The zero-order valence-electron chi connectivity index (χ0n) is 78.2. The number of nitrogen functional groups attached to an aromatic ring is 4. The van der Waals surface area contributed by atoms with Gasteiger partial charge < -0.3 is 119 Å². The summed E-state index contributed by atoms with van der Waals surface area (Å²) in [6.45, 7) is 17.7. The Labute approximate surface area is 794 Å². The second kappa shape index (κ2) is 41.0. The monoisotopic (exact) mass is 1990 g/mol. The van der Waals surface area contributed by atoms with Crippen molar-refractivity contribution in [2.24, 2.45) is 0 Å². The van der Waals surface area contributed by atoms with Gasteiger partial charge in [0.1, 0.15) is 94.8 Å². The van der Waals surface area contributed by atoms with Crippen molar-refractivity contribution in [3.05, 3.63) is 152 Å². The fourth-order valence-electron chi connectivity index (χ4n) is 17.2. The van der Waals surface area contributed by atoms with E-state index < -0.39 is 195 Å². The minimum Gasteiger partial charge on any atom is -0.465 e. The number of methoxy groups -OCH3 is 2. The number of fused-ring (bicyclic) bond motifs is 8. The lowest BCUT2D eigenvalue weighted by Crippen LogP contribution is -2.46. The summed E-state index contributed by atoms with van der Waals surface area (Å²) in [5.41, 5.74) is 15.4. The summed E-state index contributed by atoms with van der Waals surface area (Å²) in [4.78, 5) is 116. The van der Waals surface area contributed by atoms with E-state index >= 15 is 0 Å². The van der Waals surface area contributed by atoms with E-state index in [0.29, 0.717) is 23.6 Å². The van der Waals surface area contributed by atoms with Crippen LogP contribution in [0.5, 0.6) is 11.5 Å². The topological polar surface area (TPSA) is 720 Å². The van der Waals surface area contributed by atoms with Gasteiger partial charge in [0, 0.05) is 25.0 Å². The lowest BCUT2D eigenvalue weighted by atomic mass is 9.94. The van der Waals surface area contributed by atoms with Crippen molar-refractivity contribution in [2.75, 3.05) is 50.4 Å². The van der Waals surface area contributed by atoms with Crippen LogP contribution in [0.25, 0.3) is 66.2 Å². The Morgan fingerprint density at radius 3 is 1.13 bits per heavy atom. The van der Waals surface area contributed by atoms with Gasteiger partial charge in [-0.05, 0) is 105 Å². The number of rotatable bonds is 30. The van der Waals surface area contributed by atoms with Crippen LogP contribution in [0.15, 0.2) is 129 Å². The van der Waals surface area contributed by atoms with E-state index in [1.165, 1.54) is 94.8 Å². The Bertz CT molecular complexity index is 6860. The van der Waals surface area contributed by atoms with Crippen LogP contribution < -0.4 is 64.4 Å². The van der Waals surface area contributed by atoms with Crippen LogP contribution in [-0.2, 0) is 84.6 Å². The fourth-order valence-corrected chi connectivity index (χ4v) is 20.6. The SMILES string of the molecule is CCCCOC(=O)[C@H](C)NP(=O)(Oc1cccc2ccccc12)O[C@H](C)[C@H]1O[C@@H](n2cnc3c(=O)[nH]c(N)nc32)[C@](C)(O)[C@@H]1O.CCCCOC(=O)[C@H](C)NP(=O)(Oc1cccc2ccccc12)O[C@H](C)[C@H]1O[C@@H](n2cnc3c(=O)[nH]c(N)nc32)[C@]2(C)OC(OC)O[C@H]12.COC1O[C@@H]2[C@@H]([C@@H](C)O)O[C@@H](n3cnc4c(=O)[nH]c(N)nc43)[C@]2(C)O1.C[C@@H](O)[C@H]1O[C@@H](n2cnc3c(=O)[nH]c(N)nc32)[C@](C)(O)[C@@H]1O. The molecule has 6 aliphatic rings. The molecule has 6 fully saturated rings. The van der Waals surface area contributed by atoms with Crippen LogP contribution in [0.3, 0.4) is 0 Å². The Balaban J connectivity index is 0.000000148. The third-order valence-corrected chi connectivity index (χ3v) is 27.9. The Morgan fingerprint density at radius 1 is 0.464 bits per heavy atom. The van der Waals surface area contributed by atoms with Gasteiger partial charge in [-0.15, -0.1) is 0 Å². The number of nitrogens with two attached hydrogens (primary N) is 4. The molecular weight excluding hydrogens is 1880 g/mol. The van der Waals surface area contributed by atoms with Gasteiger partial charge in [0.2, 0.25) is 23.8 Å². The summed E-state index contributed by atoms with van der Waals surface area (Å²) >= 11 is 0. The number of nitrogens with one attached hydrogen (secondary N) is 6. The minimum absolute atomic E-state index is 0.0185. The van der Waals surface area contributed by atoms with Gasteiger partial charge in [0.05, 0.1) is 62.9 Å². The van der Waals surface area contributed by atoms with Gasteiger partial charge >= 0.3 is 27.4 Å². The van der Waals surface area contributed by atoms with Crippen LogP contribution in [0.2, 0.25) is 0 Å². The first-order valence-corrected chi connectivity index (χ1v) is 47.7. The standard InChI is InChI=1S/C31H39N6O10P.C29H37N6O9P.C14H19N5O6.C12H17N5O5/c1-6-7-15-42-27(39)17(2)36-48(40,47-21-14-10-12-19-11-8-9-13-20(19)21)46-18(3)23-24-31(4,45-30(41-5)44-24)28(43-23)37-16-33-22-25(37)34-29(32)35-26(22)38;1-5-6-14-41-26(38)16(2)34-45(40,44-20-13-9-11-18-10-7-8-12-19(18)20)43-17(3)22-23(36)29(4,39)27(42-22)35-15-31-21-24(35)32-28(30)33-25(21)37;1-5(20)7-8-14(2,25-13(22-3)24-8)11(23-7)19-4-16-6-9(19)17-12(15)18-10(6)21;1-4(18)6-7(19)12(2,21)10(22-6)17-3-14-5-8(17)15-11(13)16-9(5)20/h8-14,16-18,23-24,28,30H,6-7,15H2,1-5H3,(H,36,40)(H3,32,34,35,38);7-13,15-17,22-23,27,36,39H,5-6,14H2,1-4H3,(H,34,40)(H3,30,32,33,37);4-5,7-8,11,13,20H,1-3H3,(H3,15,17,18,21);3-4,6-7,10,18-19,21H,1-2H3,(H3,13,15,16,20)/t17-,18+,23+,24+,28+,30?,31+,48?;16-,17+,22+,23+,27+,29+,45?;5-,7-,8-,11-,13?,14-;4-,6-,7-,10-,12-/m0011/s1. The quantitative estimate of drug-likeness (QED) is 0.0173. The fraction of sp³-hybridized carbons (Fsp3) is 0.512. The molecule has 0 spiro atoms. The van der Waals surface area contributed by atoms with Crippen LogP contribution in [0.4, 0.5) is 23.8 Å². The molecule has 18 rings (SSSR count). The number of hydrogen-bond donors (Lipinski definition) is 16. The lowest BCUT2D eigenvalue weighted by Gasteiger charge is -2.30. The molecule has 4 unspecified atom stereocenters. The number of benzene rings is 4. The van der Waals surface area contributed by atoms with E-state index in [-0.39, 0.29) is 93.2 Å². The average molecular weight is 2000 g/mol. The van der Waals surface area contributed by atoms with Gasteiger partial charge in [-0.25, -0.2) is 29.1 Å². The zero-order valence-corrected chi connectivity index (χ0v) is 80.0. The first-order valence-electron chi connectivity index (χ1n) is 44.6. The molecule has 8 aromatic heterocycles. The number of nitrogens with zero attached hydrogens (tertiary/aromatic N) is 12. The average Bonchev–Trinajstić information content (AvgIpc) is 1.56. The zero-order chi connectivity index (χ0) is 101. The van der Waals surface area contributed by atoms with Crippen LogP contribution >= 0.6 is 15.5 Å². The summed E-state index contributed by atoms with van der Waals surface area (Å²) in [5, 5.41) is 71.4. The predicted molar refractivity (Wildman–Crippen MR) is 495 cm³/mol. The number of aliphatic hydroxyl groups excluding tert-OH is 4. The molecule has 0 radical (unpaired) electrons. The van der Waals surface area contributed by atoms with Crippen molar-refractivity contribution in [3.8, 4) is 11.5 Å². The van der Waals surface area contributed by atoms with E-state index in [1.807, 2.05) is 62.4 Å². The molecule has 26 atom stereocenters. The number of ether oxygens (including phenoxy) is 12. The molecule has 54 heteroatoms. The van der Waals surface area contributed by atoms with E-state index in [1.54, 1.807) is 68.7 Å². The second-order valence-electron chi connectivity index (χ2n) is 35.0. The van der Waals surface area contributed by atoms with Gasteiger partial charge in [0.25, 0.3) is 35.2 Å². The number of H-pyrrole nitrogens is 4. The Morgan fingerprint density at radius 2 is 0.779 bits per heavy atom. The minimum atomic E-state index is -4.42. The van der Waals surface area contributed by atoms with Gasteiger partial charge in [-0.1, -0.05) is 99.5 Å². The number of aromatic amines is 4. The molecule has 0 aliphatic carbocycles. The number of aliphatic hydroxyl groups is 6. The third kappa shape index (κ3) is 20.3. The molecule has 0 amide bonds. The van der Waals surface area contributed by atoms with Crippen LogP contribution in [0.1, 0.15) is 134 Å². The van der Waals surface area contributed by atoms with Crippen molar-refractivity contribution in [3.63, 3.8) is 0 Å². The number of unbranched alkanes of at least 4 members (excludes halogenated alkanes) is 2. The summed E-state index contributed by atoms with van der Waals surface area (Å²) in [7, 11) is -5.91. The summed E-state index contributed by atoms with van der Waals surface area (Å²) in [6, 6.07) is 23.1. The first kappa shape index (κ1) is 103. The first-order chi connectivity index (χ1) is 66.4. The van der Waals surface area contributed by atoms with E-state index in [2.05, 4.69) is 70.0 Å². The molecule has 6 saturated heterocycles. The Hall–Kier alpha value is -11.8. The van der Waals surface area contributed by atoms with Crippen LogP contribution in [0, 0.1) is 0 Å². The number of anilines is 4. The number of imidazole rings is 4. The molecule has 14 heterocycles. The summed E-state index contributed by atoms with van der Waals surface area (Å²) in [5.74, 6) is -1.21. The summed E-state index contributed by atoms with van der Waals surface area (Å²) in [6.07, 6.45) is -8.03. The van der Waals surface area contributed by atoms with Crippen molar-refractivity contribution >= 4 is 117 Å². The Kier molecular flexibility index (Phi) is 30.1. The highest BCUT2D eigenvalue weighted by Crippen LogP contribution is 2.56. The summed E-state index contributed by atoms with van der Waals surface area (Å²) < 4.78 is 128. The van der Waals surface area contributed by atoms with Crippen LogP contribution in [-0.4, -0.2) is 269 Å². The molecule has 756 valence electrons. The van der Waals surface area contributed by atoms with E-state index in [0.717, 1.165) is 23.6 Å². The lowest BCUT2D eigenvalue weighted by molar-refractivity contribution is -0.271. The molecule has 4 aromatic carbocycles. The maximum absolute atomic E-state index is 14.7. The highest BCUT2D eigenvalue weighted by atomic mass is 31.2. The number of aromatic nitrogens is 16. The number of esters is 2. The van der Waals surface area contributed by atoms with Crippen molar-refractivity contribution in [1.82, 2.24) is 88.3 Å². The van der Waals surface area contributed by atoms with Gasteiger partial charge in [-0.2, -0.15) is 30.1 Å². The van der Waals surface area contributed by atoms with Crippen molar-refractivity contribution < 1.29 is 124 Å². The normalized spacial score (nSPS) is 28.5. The molecule has 52 nitrogen and oxygen atoms in total. The smallest absolute Gasteiger partial charge is 0.459 e. The molecule has 0 bridgehead atoms. The molecule has 12 aromatic rings. The number of carbonyl (C=O) groups excluding carboxylic acids is 2. The molecule has 0 saturated carbocycles. The number of carbonyl (C=O) groups is 2. The molecule has 6 aliphatic heterocycles. The molecule has 20 N–H and O–H groups in total. The van der Waals surface area contributed by atoms with Gasteiger partial charge in [0.15, 0.2) is 69.6 Å². The highest BCUT2D eigenvalue weighted by molar-refractivity contribution is 7.52. The van der Waals surface area contributed by atoms with Crippen molar-refractivity contribution in [1.29, 1.82) is 0 Å². The number of hydrogen-bond acceptors (Lipinski definition) is 42. The second-order valence-corrected chi connectivity index (χ2v) is 38.3. The maximum Gasteiger partial charge on any atom is 0.459 e. The van der Waals surface area contributed by atoms with E-state index in [4.69, 9.17) is 97.9 Å². The predicted octanol–water partition coefficient (Wildman–Crippen LogP) is 3.72. The van der Waals surface area contributed by atoms with Gasteiger partial charge in [-0.3, -0.25) is 76.0 Å². The van der Waals surface area contributed by atoms with Crippen molar-refractivity contribution in [2.45, 2.75) is 254 Å². The highest BCUT2D eigenvalue weighted by Gasteiger charge is 2.67. The van der Waals surface area contributed by atoms with E-state index in [9.17, 15) is 68.5 Å². The molecular formula is C86H112N22O30P2. The molecule has 140 heavy (non-hydrogen) atoms. The largest absolute Gasteiger partial charge is 0.465 e. The maximum atomic E-state index is 14.7. The third-order valence-electron chi connectivity index (χ3n) is 24.4.